The standard InChI is InChI=1S/C13H17NO3/c15-13(16)12(14-17)10-6-2-5-9-11-7-3-1-4-8-11/h1,3-4,7-8,12H,2,5-6,9-10H2,(H,15,16). The Balaban J connectivity index is 2.12. The van der Waals surface area contributed by atoms with Crippen LogP contribution in [0.15, 0.2) is 35.5 Å². The first kappa shape index (κ1) is 13.4. The molecule has 1 atom stereocenters. The molecule has 0 aliphatic carbocycles. The number of hydrogen-bond acceptors (Lipinski definition) is 3. The quantitative estimate of drug-likeness (QED) is 0.556. The molecule has 1 N–H and O–H groups in total. The third-order valence-corrected chi connectivity index (χ3v) is 2.70. The lowest BCUT2D eigenvalue weighted by Crippen LogP contribution is -2.16. The van der Waals surface area contributed by atoms with E-state index < -0.39 is 12.0 Å². The van der Waals surface area contributed by atoms with Crippen LogP contribution in [0.2, 0.25) is 0 Å². The second kappa shape index (κ2) is 7.54. The Kier molecular flexibility index (Phi) is 5.93. The fourth-order valence-electron chi connectivity index (χ4n) is 1.71. The van der Waals surface area contributed by atoms with Crippen molar-refractivity contribution in [3.63, 3.8) is 0 Å². The Labute approximate surface area is 101 Å². The molecule has 1 aromatic carbocycles. The van der Waals surface area contributed by atoms with Gasteiger partial charge in [0.15, 0.2) is 6.04 Å². The number of carbonyl (C=O) groups is 1. The predicted molar refractivity (Wildman–Crippen MR) is 65.8 cm³/mol. The number of aliphatic carboxylic acids is 1. The summed E-state index contributed by atoms with van der Waals surface area (Å²) in [6.45, 7) is 0. The zero-order valence-corrected chi connectivity index (χ0v) is 9.71. The van der Waals surface area contributed by atoms with E-state index in [0.717, 1.165) is 25.7 Å². The molecule has 1 aromatic rings. The van der Waals surface area contributed by atoms with Crippen molar-refractivity contribution in [1.29, 1.82) is 0 Å². The summed E-state index contributed by atoms with van der Waals surface area (Å²) in [6.07, 6.45) is 4.00. The highest BCUT2D eigenvalue weighted by atomic mass is 16.4. The summed E-state index contributed by atoms with van der Waals surface area (Å²) < 4.78 is 0. The molecule has 4 nitrogen and oxygen atoms in total. The first-order valence-corrected chi connectivity index (χ1v) is 5.83. The smallest absolute Gasteiger partial charge is 0.332 e. The van der Waals surface area contributed by atoms with Crippen LogP contribution in [-0.2, 0) is 11.2 Å². The summed E-state index contributed by atoms with van der Waals surface area (Å²) in [5, 5.41) is 11.2. The minimum Gasteiger partial charge on any atom is -0.480 e. The average Bonchev–Trinajstić information content (AvgIpc) is 2.34. The maximum absolute atomic E-state index is 10.5. The molecule has 0 fully saturated rings. The Hall–Kier alpha value is -1.71. The van der Waals surface area contributed by atoms with Gasteiger partial charge in [0.2, 0.25) is 0 Å². The first-order chi connectivity index (χ1) is 8.24. The molecular formula is C13H17NO3. The first-order valence-electron chi connectivity index (χ1n) is 5.83. The minimum absolute atomic E-state index is 0.341. The zero-order chi connectivity index (χ0) is 12.5. The Morgan fingerprint density at radius 3 is 2.47 bits per heavy atom. The van der Waals surface area contributed by atoms with Gasteiger partial charge in [-0.3, -0.25) is 0 Å². The number of benzene rings is 1. The van der Waals surface area contributed by atoms with Crippen molar-refractivity contribution in [2.24, 2.45) is 5.18 Å². The predicted octanol–water partition coefficient (Wildman–Crippen LogP) is 3.01. The van der Waals surface area contributed by atoms with E-state index in [4.69, 9.17) is 5.11 Å². The van der Waals surface area contributed by atoms with Crippen molar-refractivity contribution < 1.29 is 9.90 Å². The van der Waals surface area contributed by atoms with Gasteiger partial charge >= 0.3 is 5.97 Å². The lowest BCUT2D eigenvalue weighted by Gasteiger charge is -2.04. The van der Waals surface area contributed by atoms with Gasteiger partial charge in [-0.1, -0.05) is 48.4 Å². The molecule has 0 spiro atoms. The summed E-state index contributed by atoms with van der Waals surface area (Å²) in [4.78, 5) is 20.7. The van der Waals surface area contributed by atoms with Crippen molar-refractivity contribution in [2.75, 3.05) is 0 Å². The molecular weight excluding hydrogens is 218 g/mol. The van der Waals surface area contributed by atoms with Crippen molar-refractivity contribution in [2.45, 2.75) is 38.1 Å². The topological polar surface area (TPSA) is 66.7 Å². The molecule has 17 heavy (non-hydrogen) atoms. The van der Waals surface area contributed by atoms with E-state index >= 15 is 0 Å². The van der Waals surface area contributed by atoms with Gasteiger partial charge in [-0.2, -0.15) is 0 Å². The van der Waals surface area contributed by atoms with Crippen LogP contribution in [0, 0.1) is 4.91 Å². The number of nitrogens with zero attached hydrogens (tertiary/aromatic N) is 1. The number of nitroso groups, excluding NO2 is 1. The van der Waals surface area contributed by atoms with E-state index in [2.05, 4.69) is 17.3 Å². The molecule has 0 bridgehead atoms. The van der Waals surface area contributed by atoms with E-state index in [1.807, 2.05) is 18.2 Å². The Bertz CT molecular complexity index is 351. The number of carboxylic acids is 1. The van der Waals surface area contributed by atoms with E-state index in [1.54, 1.807) is 0 Å². The summed E-state index contributed by atoms with van der Waals surface area (Å²) in [5.41, 5.74) is 1.29. The second-order valence-electron chi connectivity index (χ2n) is 4.04. The lowest BCUT2D eigenvalue weighted by molar-refractivity contribution is -0.138. The molecule has 1 unspecified atom stereocenters. The van der Waals surface area contributed by atoms with E-state index in [0.29, 0.717) is 6.42 Å². The molecule has 0 heterocycles. The van der Waals surface area contributed by atoms with Gasteiger partial charge in [0.05, 0.1) is 0 Å². The van der Waals surface area contributed by atoms with Gasteiger partial charge in [-0.05, 0) is 24.8 Å². The van der Waals surface area contributed by atoms with Crippen LogP contribution < -0.4 is 0 Å². The van der Waals surface area contributed by atoms with E-state index in [9.17, 15) is 9.70 Å². The normalized spacial score (nSPS) is 12.0. The molecule has 0 aliphatic heterocycles. The maximum atomic E-state index is 10.5. The van der Waals surface area contributed by atoms with Crippen molar-refractivity contribution >= 4 is 5.97 Å². The highest BCUT2D eigenvalue weighted by Gasteiger charge is 2.16. The lowest BCUT2D eigenvalue weighted by atomic mass is 10.0. The zero-order valence-electron chi connectivity index (χ0n) is 9.71. The largest absolute Gasteiger partial charge is 0.480 e. The van der Waals surface area contributed by atoms with Gasteiger partial charge in [0, 0.05) is 0 Å². The Morgan fingerprint density at radius 2 is 1.88 bits per heavy atom. The van der Waals surface area contributed by atoms with Crippen molar-refractivity contribution in [3.05, 3.63) is 40.8 Å². The molecule has 92 valence electrons. The average molecular weight is 235 g/mol. The van der Waals surface area contributed by atoms with Crippen LogP contribution in [0.25, 0.3) is 0 Å². The van der Waals surface area contributed by atoms with Gasteiger partial charge in [0.1, 0.15) is 0 Å². The molecule has 1 rings (SSSR count). The summed E-state index contributed by atoms with van der Waals surface area (Å²) in [7, 11) is 0. The minimum atomic E-state index is -1.12. The number of hydrogen-bond donors (Lipinski definition) is 1. The number of unbranched alkanes of at least 4 members (excludes halogenated alkanes) is 2. The van der Waals surface area contributed by atoms with Crippen LogP contribution in [0.5, 0.6) is 0 Å². The Morgan fingerprint density at radius 1 is 1.18 bits per heavy atom. The molecule has 0 saturated carbocycles. The third-order valence-electron chi connectivity index (χ3n) is 2.70. The highest BCUT2D eigenvalue weighted by Crippen LogP contribution is 2.10. The van der Waals surface area contributed by atoms with Crippen LogP contribution in [0.1, 0.15) is 31.2 Å². The van der Waals surface area contributed by atoms with E-state index in [-0.39, 0.29) is 0 Å². The third kappa shape index (κ3) is 5.24. The van der Waals surface area contributed by atoms with Gasteiger partial charge in [-0.25, -0.2) is 4.79 Å². The summed E-state index contributed by atoms with van der Waals surface area (Å²) in [6, 6.07) is 9.07. The van der Waals surface area contributed by atoms with Crippen molar-refractivity contribution in [1.82, 2.24) is 0 Å². The number of aryl methyl sites for hydroxylation is 1. The molecule has 0 aromatic heterocycles. The number of rotatable bonds is 8. The molecule has 0 amide bonds. The SMILES string of the molecule is O=NC(CCCCCc1ccccc1)C(=O)O. The van der Waals surface area contributed by atoms with Gasteiger partial charge in [-0.15, -0.1) is 4.91 Å². The fraction of sp³-hybridized carbons (Fsp3) is 0.462. The molecule has 4 heteroatoms. The van der Waals surface area contributed by atoms with Crippen LogP contribution >= 0.6 is 0 Å². The van der Waals surface area contributed by atoms with Gasteiger partial charge in [0.25, 0.3) is 0 Å². The summed E-state index contributed by atoms with van der Waals surface area (Å²) >= 11 is 0. The maximum Gasteiger partial charge on any atom is 0.332 e. The van der Waals surface area contributed by atoms with Crippen molar-refractivity contribution in [3.8, 4) is 0 Å². The monoisotopic (exact) mass is 235 g/mol. The highest BCUT2D eigenvalue weighted by molar-refractivity contribution is 5.73. The van der Waals surface area contributed by atoms with E-state index in [1.165, 1.54) is 5.56 Å². The van der Waals surface area contributed by atoms with Crippen LogP contribution in [0.3, 0.4) is 0 Å². The fourth-order valence-corrected chi connectivity index (χ4v) is 1.71. The van der Waals surface area contributed by atoms with Gasteiger partial charge < -0.3 is 5.11 Å². The summed E-state index contributed by atoms with van der Waals surface area (Å²) in [5.74, 6) is -1.12. The molecule has 0 saturated heterocycles. The molecule has 0 aliphatic rings. The molecule has 0 radical (unpaired) electrons. The second-order valence-corrected chi connectivity index (χ2v) is 4.04. The number of carboxylic acid groups (broad SMARTS) is 1. The van der Waals surface area contributed by atoms with Crippen LogP contribution in [-0.4, -0.2) is 17.1 Å². The van der Waals surface area contributed by atoms with Crippen LogP contribution in [0.4, 0.5) is 0 Å².